The summed E-state index contributed by atoms with van der Waals surface area (Å²) in [5.41, 5.74) is 0. The molecule has 2 nitrogen and oxygen atoms in total. The van der Waals surface area contributed by atoms with Crippen molar-refractivity contribution in [2.75, 3.05) is 5.75 Å². The van der Waals surface area contributed by atoms with Gasteiger partial charge >= 0.3 is 0 Å². The second-order valence-corrected chi connectivity index (χ2v) is 5.98. The smallest absolute Gasteiger partial charge is 0.0470 e. The van der Waals surface area contributed by atoms with E-state index in [-0.39, 0.29) is 5.25 Å². The minimum atomic E-state index is -2.31. The van der Waals surface area contributed by atoms with E-state index in [9.17, 15) is 4.21 Å². The first-order valence-electron chi connectivity index (χ1n) is 4.17. The summed E-state index contributed by atoms with van der Waals surface area (Å²) in [4.78, 5) is 0. The Morgan fingerprint density at radius 3 is 2.09 bits per heavy atom. The highest BCUT2D eigenvalue weighted by molar-refractivity contribution is 7.93. The van der Waals surface area contributed by atoms with E-state index < -0.39 is 9.73 Å². The molecule has 0 aromatic carbocycles. The molecule has 0 aromatic heterocycles. The summed E-state index contributed by atoms with van der Waals surface area (Å²) in [7, 11) is -2.31. The first-order valence-corrected chi connectivity index (χ1v) is 5.96. The molecule has 0 saturated carbocycles. The molecule has 0 rings (SSSR count). The highest BCUT2D eigenvalue weighted by atomic mass is 32.2. The van der Waals surface area contributed by atoms with Crippen LogP contribution in [0.1, 0.15) is 34.1 Å². The van der Waals surface area contributed by atoms with Crippen LogP contribution in [0.25, 0.3) is 0 Å². The quantitative estimate of drug-likeness (QED) is 0.704. The van der Waals surface area contributed by atoms with Gasteiger partial charge in [-0.25, -0.2) is 4.21 Å². The van der Waals surface area contributed by atoms with Gasteiger partial charge in [-0.15, -0.1) is 0 Å². The third kappa shape index (κ3) is 3.23. The van der Waals surface area contributed by atoms with Crippen LogP contribution >= 0.6 is 0 Å². The van der Waals surface area contributed by atoms with Gasteiger partial charge in [0.2, 0.25) is 0 Å². The van der Waals surface area contributed by atoms with Crippen LogP contribution in [-0.4, -0.2) is 15.2 Å². The number of hydrogen-bond acceptors (Lipinski definition) is 2. The molecular formula is C8H19NOS. The van der Waals surface area contributed by atoms with Crippen molar-refractivity contribution in [2.45, 2.75) is 39.4 Å². The lowest BCUT2D eigenvalue weighted by atomic mass is 10.2. The van der Waals surface area contributed by atoms with Crippen LogP contribution in [0.3, 0.4) is 0 Å². The normalized spacial score (nSPS) is 19.7. The second-order valence-electron chi connectivity index (χ2n) is 3.38. The average molecular weight is 177 g/mol. The fourth-order valence-corrected chi connectivity index (χ4v) is 2.79. The standard InChI is InChI=1S/C8H19NOS/c1-5-6-11(9,10)8(4)7(2)3/h7-9H,5-6H2,1-4H3/t8-,11+/m0/s1. The molecule has 0 saturated heterocycles. The maximum Gasteiger partial charge on any atom is 0.0470 e. The van der Waals surface area contributed by atoms with Crippen molar-refractivity contribution in [1.29, 1.82) is 4.78 Å². The van der Waals surface area contributed by atoms with Gasteiger partial charge in [0.15, 0.2) is 0 Å². The fraction of sp³-hybridized carbons (Fsp3) is 1.00. The third-order valence-electron chi connectivity index (χ3n) is 2.05. The van der Waals surface area contributed by atoms with Crippen molar-refractivity contribution < 1.29 is 4.21 Å². The fourth-order valence-electron chi connectivity index (χ4n) is 0.929. The maximum atomic E-state index is 11.6. The average Bonchev–Trinajstić information content (AvgIpc) is 1.86. The highest BCUT2D eigenvalue weighted by Crippen LogP contribution is 2.13. The monoisotopic (exact) mass is 177 g/mol. The molecule has 0 radical (unpaired) electrons. The molecule has 0 fully saturated rings. The molecule has 11 heavy (non-hydrogen) atoms. The molecule has 0 spiro atoms. The van der Waals surface area contributed by atoms with Crippen LogP contribution in [-0.2, 0) is 9.73 Å². The predicted molar refractivity (Wildman–Crippen MR) is 50.3 cm³/mol. The summed E-state index contributed by atoms with van der Waals surface area (Å²) in [6.07, 6.45) is 0.847. The Hall–Kier alpha value is -0.0500. The zero-order valence-electron chi connectivity index (χ0n) is 7.89. The first-order chi connectivity index (χ1) is 4.91. The van der Waals surface area contributed by atoms with Crippen LogP contribution in [0.4, 0.5) is 0 Å². The second kappa shape index (κ2) is 4.10. The van der Waals surface area contributed by atoms with Gasteiger partial charge in [0.05, 0.1) is 0 Å². The van der Waals surface area contributed by atoms with Gasteiger partial charge in [-0.3, -0.25) is 4.78 Å². The Labute approximate surface area is 70.4 Å². The van der Waals surface area contributed by atoms with E-state index in [1.807, 2.05) is 27.7 Å². The van der Waals surface area contributed by atoms with Crippen LogP contribution < -0.4 is 0 Å². The summed E-state index contributed by atoms with van der Waals surface area (Å²) in [6, 6.07) is 0. The Kier molecular flexibility index (Phi) is 4.08. The van der Waals surface area contributed by atoms with Gasteiger partial charge in [0.1, 0.15) is 0 Å². The van der Waals surface area contributed by atoms with Crippen LogP contribution in [0, 0.1) is 10.7 Å². The lowest BCUT2D eigenvalue weighted by Crippen LogP contribution is -2.24. The molecule has 0 amide bonds. The van der Waals surface area contributed by atoms with E-state index in [2.05, 4.69) is 0 Å². The molecule has 0 heterocycles. The zero-order valence-corrected chi connectivity index (χ0v) is 8.70. The van der Waals surface area contributed by atoms with Gasteiger partial charge in [0, 0.05) is 20.7 Å². The molecule has 68 valence electrons. The molecule has 0 aromatic rings. The molecular weight excluding hydrogens is 158 g/mol. The van der Waals surface area contributed by atoms with Crippen molar-refractivity contribution in [1.82, 2.24) is 0 Å². The maximum absolute atomic E-state index is 11.6. The van der Waals surface area contributed by atoms with Crippen LogP contribution in [0.2, 0.25) is 0 Å². The summed E-state index contributed by atoms with van der Waals surface area (Å²) in [5.74, 6) is 0.901. The molecule has 0 unspecified atom stereocenters. The largest absolute Gasteiger partial charge is 0.253 e. The van der Waals surface area contributed by atoms with Crippen LogP contribution in [0.15, 0.2) is 0 Å². The minimum absolute atomic E-state index is 0.0300. The van der Waals surface area contributed by atoms with Gasteiger partial charge < -0.3 is 0 Å². The van der Waals surface area contributed by atoms with E-state index in [0.29, 0.717) is 11.7 Å². The predicted octanol–water partition coefficient (Wildman–Crippen LogP) is 2.49. The molecule has 0 aliphatic carbocycles. The Bertz CT molecular complexity index is 194. The topological polar surface area (TPSA) is 40.9 Å². The van der Waals surface area contributed by atoms with Crippen LogP contribution in [0.5, 0.6) is 0 Å². The van der Waals surface area contributed by atoms with Gasteiger partial charge in [-0.2, -0.15) is 0 Å². The number of nitrogens with one attached hydrogen (secondary N) is 1. The molecule has 0 aliphatic rings. The molecule has 2 atom stereocenters. The van der Waals surface area contributed by atoms with E-state index in [4.69, 9.17) is 4.78 Å². The minimum Gasteiger partial charge on any atom is -0.253 e. The van der Waals surface area contributed by atoms with Gasteiger partial charge in [-0.05, 0) is 19.3 Å². The van der Waals surface area contributed by atoms with Gasteiger partial charge in [0.25, 0.3) is 0 Å². The van der Waals surface area contributed by atoms with Gasteiger partial charge in [-0.1, -0.05) is 20.8 Å². The SMILES string of the molecule is CCC[S@@](=N)(=O)[C@@H](C)C(C)C. The van der Waals surface area contributed by atoms with E-state index in [0.717, 1.165) is 6.42 Å². The molecule has 3 heteroatoms. The Morgan fingerprint density at radius 1 is 1.36 bits per heavy atom. The summed E-state index contributed by atoms with van der Waals surface area (Å²) in [5, 5.41) is 0.0300. The van der Waals surface area contributed by atoms with Crippen molar-refractivity contribution in [2.24, 2.45) is 5.92 Å². The molecule has 1 N–H and O–H groups in total. The number of rotatable bonds is 4. The van der Waals surface area contributed by atoms with E-state index >= 15 is 0 Å². The van der Waals surface area contributed by atoms with Crippen molar-refractivity contribution >= 4 is 9.73 Å². The summed E-state index contributed by atoms with van der Waals surface area (Å²) >= 11 is 0. The Balaban J connectivity index is 4.31. The third-order valence-corrected chi connectivity index (χ3v) is 4.81. The highest BCUT2D eigenvalue weighted by Gasteiger charge is 2.18. The van der Waals surface area contributed by atoms with Crippen molar-refractivity contribution in [3.8, 4) is 0 Å². The van der Waals surface area contributed by atoms with E-state index in [1.54, 1.807) is 0 Å². The Morgan fingerprint density at radius 2 is 1.82 bits per heavy atom. The lowest BCUT2D eigenvalue weighted by Gasteiger charge is -2.18. The van der Waals surface area contributed by atoms with Crippen molar-refractivity contribution in [3.05, 3.63) is 0 Å². The summed E-state index contributed by atoms with van der Waals surface area (Å²) in [6.45, 7) is 7.93. The number of hydrogen-bond donors (Lipinski definition) is 1. The lowest BCUT2D eigenvalue weighted by molar-refractivity contribution is 0.596. The molecule has 0 bridgehead atoms. The summed E-state index contributed by atoms with van der Waals surface area (Å²) < 4.78 is 19.2. The molecule has 0 aliphatic heterocycles. The van der Waals surface area contributed by atoms with Crippen molar-refractivity contribution in [3.63, 3.8) is 0 Å². The van der Waals surface area contributed by atoms with E-state index in [1.165, 1.54) is 0 Å². The zero-order chi connectivity index (χ0) is 9.07. The first kappa shape index (κ1) is 11.0.